The number of hydrogen-bond donors (Lipinski definition) is 2. The van der Waals surface area contributed by atoms with Crippen molar-refractivity contribution in [1.29, 1.82) is 0 Å². The van der Waals surface area contributed by atoms with E-state index in [0.717, 1.165) is 19.5 Å². The fourth-order valence-corrected chi connectivity index (χ4v) is 3.16. The highest BCUT2D eigenvalue weighted by Gasteiger charge is 2.14. The first kappa shape index (κ1) is 15.9. The van der Waals surface area contributed by atoms with Gasteiger partial charge in [0.25, 0.3) is 0 Å². The molecule has 2 unspecified atom stereocenters. The van der Waals surface area contributed by atoms with Gasteiger partial charge in [-0.05, 0) is 45.7 Å². The Morgan fingerprint density at radius 3 is 2.83 bits per heavy atom. The standard InChI is InChI=1S/C13H28N2O2S/c1-12(14-9-6-10-18(2,16)17)11-13-7-4-3-5-8-15-13/h12-15H,3-11H2,1-2H3. The van der Waals surface area contributed by atoms with Crippen LogP contribution in [0.1, 0.15) is 45.4 Å². The fourth-order valence-electron chi connectivity index (χ4n) is 2.49. The maximum atomic E-state index is 11.0. The van der Waals surface area contributed by atoms with Crippen LogP contribution >= 0.6 is 0 Å². The van der Waals surface area contributed by atoms with Crippen molar-refractivity contribution in [2.75, 3.05) is 25.1 Å². The predicted octanol–water partition coefficient (Wildman–Crippen LogP) is 1.32. The third-order valence-corrected chi connectivity index (χ3v) is 4.52. The number of hydrogen-bond acceptors (Lipinski definition) is 4. The maximum absolute atomic E-state index is 11.0. The molecule has 1 fully saturated rings. The van der Waals surface area contributed by atoms with Gasteiger partial charge in [0.05, 0.1) is 5.75 Å². The first-order valence-corrected chi connectivity index (χ1v) is 9.18. The van der Waals surface area contributed by atoms with Crippen LogP contribution in [0.2, 0.25) is 0 Å². The van der Waals surface area contributed by atoms with E-state index in [-0.39, 0.29) is 5.75 Å². The van der Waals surface area contributed by atoms with Crippen molar-refractivity contribution in [2.45, 2.75) is 57.5 Å². The maximum Gasteiger partial charge on any atom is 0.147 e. The molecule has 0 radical (unpaired) electrons. The third-order valence-electron chi connectivity index (χ3n) is 3.49. The molecule has 0 aromatic heterocycles. The Morgan fingerprint density at radius 1 is 1.33 bits per heavy atom. The molecular formula is C13H28N2O2S. The van der Waals surface area contributed by atoms with Crippen LogP contribution in [-0.2, 0) is 9.84 Å². The molecule has 1 heterocycles. The van der Waals surface area contributed by atoms with Crippen LogP contribution in [0.15, 0.2) is 0 Å². The Bertz CT molecular complexity index is 309. The van der Waals surface area contributed by atoms with Gasteiger partial charge in [0.1, 0.15) is 9.84 Å². The summed E-state index contributed by atoms with van der Waals surface area (Å²) in [6.07, 6.45) is 8.40. The van der Waals surface area contributed by atoms with E-state index in [0.29, 0.717) is 18.5 Å². The van der Waals surface area contributed by atoms with Gasteiger partial charge in [0.2, 0.25) is 0 Å². The summed E-state index contributed by atoms with van der Waals surface area (Å²) in [5.74, 6) is 0.286. The SMILES string of the molecule is CC(CC1CCCCCN1)NCCCS(C)(=O)=O. The van der Waals surface area contributed by atoms with E-state index in [4.69, 9.17) is 0 Å². The molecule has 0 aromatic carbocycles. The normalized spacial score (nSPS) is 23.6. The Balaban J connectivity index is 2.10. The van der Waals surface area contributed by atoms with E-state index >= 15 is 0 Å². The summed E-state index contributed by atoms with van der Waals surface area (Å²) in [7, 11) is -2.81. The summed E-state index contributed by atoms with van der Waals surface area (Å²) in [5.41, 5.74) is 0. The first-order valence-electron chi connectivity index (χ1n) is 7.12. The van der Waals surface area contributed by atoms with E-state index in [9.17, 15) is 8.42 Å². The summed E-state index contributed by atoms with van der Waals surface area (Å²) in [4.78, 5) is 0. The minimum atomic E-state index is -2.81. The summed E-state index contributed by atoms with van der Waals surface area (Å²) in [6, 6.07) is 1.09. The Labute approximate surface area is 112 Å². The van der Waals surface area contributed by atoms with E-state index in [2.05, 4.69) is 17.6 Å². The monoisotopic (exact) mass is 276 g/mol. The van der Waals surface area contributed by atoms with Crippen LogP contribution in [0.25, 0.3) is 0 Å². The highest BCUT2D eigenvalue weighted by atomic mass is 32.2. The summed E-state index contributed by atoms with van der Waals surface area (Å²) < 4.78 is 22.0. The van der Waals surface area contributed by atoms with Gasteiger partial charge in [-0.25, -0.2) is 8.42 Å². The Morgan fingerprint density at radius 2 is 2.11 bits per heavy atom. The van der Waals surface area contributed by atoms with Gasteiger partial charge < -0.3 is 10.6 Å². The van der Waals surface area contributed by atoms with Crippen molar-refractivity contribution in [3.63, 3.8) is 0 Å². The van der Waals surface area contributed by atoms with Gasteiger partial charge in [0.15, 0.2) is 0 Å². The molecular weight excluding hydrogens is 248 g/mol. The Kier molecular flexibility index (Phi) is 7.19. The molecule has 5 heteroatoms. The number of rotatable bonds is 7. The highest BCUT2D eigenvalue weighted by molar-refractivity contribution is 7.90. The number of sulfone groups is 1. The molecule has 0 saturated carbocycles. The molecule has 0 spiro atoms. The zero-order chi connectivity index (χ0) is 13.4. The van der Waals surface area contributed by atoms with Gasteiger partial charge >= 0.3 is 0 Å². The van der Waals surface area contributed by atoms with Gasteiger partial charge in [-0.1, -0.05) is 12.8 Å². The lowest BCUT2D eigenvalue weighted by Gasteiger charge is -2.21. The van der Waals surface area contributed by atoms with Crippen molar-refractivity contribution in [3.8, 4) is 0 Å². The van der Waals surface area contributed by atoms with Gasteiger partial charge in [-0.2, -0.15) is 0 Å². The van der Waals surface area contributed by atoms with Crippen LogP contribution in [0.3, 0.4) is 0 Å². The van der Waals surface area contributed by atoms with Crippen LogP contribution < -0.4 is 10.6 Å². The highest BCUT2D eigenvalue weighted by Crippen LogP contribution is 2.12. The van der Waals surface area contributed by atoms with Gasteiger partial charge in [-0.3, -0.25) is 0 Å². The second-order valence-corrected chi connectivity index (χ2v) is 7.83. The second-order valence-electron chi connectivity index (χ2n) is 5.57. The molecule has 0 aliphatic carbocycles. The van der Waals surface area contributed by atoms with Crippen LogP contribution in [-0.4, -0.2) is 45.6 Å². The Hall–Kier alpha value is -0.130. The summed E-state index contributed by atoms with van der Waals surface area (Å²) in [6.45, 7) is 4.12. The van der Waals surface area contributed by atoms with E-state index < -0.39 is 9.84 Å². The van der Waals surface area contributed by atoms with E-state index in [1.165, 1.54) is 31.9 Å². The van der Waals surface area contributed by atoms with Crippen molar-refractivity contribution < 1.29 is 8.42 Å². The lowest BCUT2D eigenvalue weighted by molar-refractivity contribution is 0.403. The minimum Gasteiger partial charge on any atom is -0.314 e. The summed E-state index contributed by atoms with van der Waals surface area (Å²) >= 11 is 0. The third kappa shape index (κ3) is 8.06. The molecule has 18 heavy (non-hydrogen) atoms. The molecule has 0 aromatic rings. The minimum absolute atomic E-state index is 0.286. The molecule has 108 valence electrons. The van der Waals surface area contributed by atoms with Crippen molar-refractivity contribution in [3.05, 3.63) is 0 Å². The zero-order valence-corrected chi connectivity index (χ0v) is 12.6. The van der Waals surface area contributed by atoms with Crippen molar-refractivity contribution in [1.82, 2.24) is 10.6 Å². The quantitative estimate of drug-likeness (QED) is 0.689. The molecule has 1 saturated heterocycles. The first-order chi connectivity index (χ1) is 8.47. The molecule has 0 bridgehead atoms. The van der Waals surface area contributed by atoms with E-state index in [1.807, 2.05) is 0 Å². The van der Waals surface area contributed by atoms with Gasteiger partial charge in [-0.15, -0.1) is 0 Å². The lowest BCUT2D eigenvalue weighted by Crippen LogP contribution is -2.37. The average Bonchev–Trinajstić information content (AvgIpc) is 2.52. The van der Waals surface area contributed by atoms with Gasteiger partial charge in [0, 0.05) is 18.3 Å². The molecule has 1 rings (SSSR count). The predicted molar refractivity (Wildman–Crippen MR) is 76.7 cm³/mol. The molecule has 0 amide bonds. The molecule has 2 N–H and O–H groups in total. The lowest BCUT2D eigenvalue weighted by atomic mass is 10.0. The van der Waals surface area contributed by atoms with Crippen LogP contribution in [0, 0.1) is 0 Å². The second kappa shape index (κ2) is 8.12. The van der Waals surface area contributed by atoms with Crippen LogP contribution in [0.4, 0.5) is 0 Å². The van der Waals surface area contributed by atoms with E-state index in [1.54, 1.807) is 0 Å². The smallest absolute Gasteiger partial charge is 0.147 e. The molecule has 1 aliphatic rings. The average molecular weight is 276 g/mol. The van der Waals surface area contributed by atoms with Crippen LogP contribution in [0.5, 0.6) is 0 Å². The van der Waals surface area contributed by atoms with Crippen molar-refractivity contribution in [2.24, 2.45) is 0 Å². The van der Waals surface area contributed by atoms with Crippen molar-refractivity contribution >= 4 is 9.84 Å². The molecule has 4 nitrogen and oxygen atoms in total. The molecule has 2 atom stereocenters. The topological polar surface area (TPSA) is 58.2 Å². The number of nitrogens with one attached hydrogen (secondary N) is 2. The summed E-state index contributed by atoms with van der Waals surface area (Å²) in [5, 5.41) is 7.01. The largest absolute Gasteiger partial charge is 0.314 e. The zero-order valence-electron chi connectivity index (χ0n) is 11.7. The molecule has 1 aliphatic heterocycles. The fraction of sp³-hybridized carbons (Fsp3) is 1.00.